The smallest absolute Gasteiger partial charge is 0.266 e. The molecule has 0 atom stereocenters. The predicted octanol–water partition coefficient (Wildman–Crippen LogP) is 5.48. The number of halogens is 2. The zero-order valence-electron chi connectivity index (χ0n) is 18.6. The maximum atomic E-state index is 14.2. The molecule has 0 unspecified atom stereocenters. The number of hydrogen-bond acceptors (Lipinski definition) is 5. The number of rotatable bonds is 9. The molecule has 0 N–H and O–H groups in total. The van der Waals surface area contributed by atoms with Crippen LogP contribution in [0.4, 0.5) is 13.9 Å². The maximum absolute atomic E-state index is 14.2. The minimum atomic E-state index is -0.740. The van der Waals surface area contributed by atoms with Crippen molar-refractivity contribution in [2.24, 2.45) is 0 Å². The molecule has 0 bridgehead atoms. The Kier molecular flexibility index (Phi) is 7.15. The molecule has 0 aliphatic carbocycles. The molecular formula is C25H25F2N3O2S. The lowest BCUT2D eigenvalue weighted by atomic mass is 10.1. The van der Waals surface area contributed by atoms with Crippen LogP contribution >= 0.6 is 11.3 Å². The van der Waals surface area contributed by atoms with Gasteiger partial charge in [0.15, 0.2) is 17.6 Å². The minimum Gasteiger partial charge on any atom is -0.484 e. The van der Waals surface area contributed by atoms with E-state index in [1.165, 1.54) is 11.0 Å². The lowest BCUT2D eigenvalue weighted by molar-refractivity contribution is -0.120. The summed E-state index contributed by atoms with van der Waals surface area (Å²) >= 11 is 1.09. The molecule has 0 radical (unpaired) electrons. The molecule has 1 amide bonds. The Bertz CT molecular complexity index is 1270. The van der Waals surface area contributed by atoms with E-state index < -0.39 is 11.6 Å². The molecular weight excluding hydrogens is 444 g/mol. The van der Waals surface area contributed by atoms with Crippen LogP contribution in [0.3, 0.4) is 0 Å². The maximum Gasteiger partial charge on any atom is 0.266 e. The van der Waals surface area contributed by atoms with Gasteiger partial charge in [0.2, 0.25) is 0 Å². The van der Waals surface area contributed by atoms with Crippen molar-refractivity contribution in [2.75, 3.05) is 37.7 Å². The molecule has 0 aliphatic rings. The molecule has 172 valence electrons. The fourth-order valence-corrected chi connectivity index (χ4v) is 4.70. The van der Waals surface area contributed by atoms with Crippen LogP contribution in [0.25, 0.3) is 21.0 Å². The second-order valence-corrected chi connectivity index (χ2v) is 8.61. The van der Waals surface area contributed by atoms with Crippen molar-refractivity contribution in [3.05, 3.63) is 66.2 Å². The van der Waals surface area contributed by atoms with Crippen LogP contribution in [0.2, 0.25) is 0 Å². The van der Waals surface area contributed by atoms with Crippen molar-refractivity contribution in [3.8, 4) is 5.75 Å². The van der Waals surface area contributed by atoms with E-state index in [1.807, 2.05) is 56.3 Å². The Morgan fingerprint density at radius 3 is 2.52 bits per heavy atom. The van der Waals surface area contributed by atoms with Crippen LogP contribution in [0.15, 0.2) is 54.6 Å². The van der Waals surface area contributed by atoms with Crippen molar-refractivity contribution in [1.82, 2.24) is 9.88 Å². The summed E-state index contributed by atoms with van der Waals surface area (Å²) in [6.07, 6.45) is 0. The van der Waals surface area contributed by atoms with Crippen LogP contribution in [-0.4, -0.2) is 48.6 Å². The van der Waals surface area contributed by atoms with E-state index in [0.717, 1.165) is 41.3 Å². The molecule has 0 spiro atoms. The summed E-state index contributed by atoms with van der Waals surface area (Å²) in [5.74, 6) is -1.12. The molecule has 4 rings (SSSR count). The lowest BCUT2D eigenvalue weighted by Gasteiger charge is -2.24. The number of fused-ring (bicyclic) bond motifs is 2. The highest BCUT2D eigenvalue weighted by Gasteiger charge is 2.22. The summed E-state index contributed by atoms with van der Waals surface area (Å²) in [6, 6.07) is 15.6. The number of anilines is 1. The van der Waals surface area contributed by atoms with E-state index in [0.29, 0.717) is 28.7 Å². The monoisotopic (exact) mass is 469 g/mol. The first-order valence-electron chi connectivity index (χ1n) is 10.9. The number of carbonyl (C=O) groups is 1. The molecule has 4 aromatic rings. The summed E-state index contributed by atoms with van der Waals surface area (Å²) in [6.45, 7) is 6.58. The van der Waals surface area contributed by atoms with Crippen LogP contribution in [0.1, 0.15) is 13.8 Å². The third kappa shape index (κ3) is 5.29. The Hall–Kier alpha value is -3.10. The van der Waals surface area contributed by atoms with E-state index in [9.17, 15) is 13.6 Å². The van der Waals surface area contributed by atoms with Crippen LogP contribution in [-0.2, 0) is 4.79 Å². The number of hydrogen-bond donors (Lipinski definition) is 0. The van der Waals surface area contributed by atoms with Crippen LogP contribution < -0.4 is 9.64 Å². The lowest BCUT2D eigenvalue weighted by Crippen LogP contribution is -2.41. The fraction of sp³-hybridized carbons (Fsp3) is 0.280. The number of benzene rings is 3. The first kappa shape index (κ1) is 23.1. The number of carbonyl (C=O) groups excluding carboxylic acids is 1. The number of thiazole rings is 1. The summed E-state index contributed by atoms with van der Waals surface area (Å²) in [7, 11) is 0. The molecule has 0 saturated heterocycles. The molecule has 0 fully saturated rings. The van der Waals surface area contributed by atoms with Crippen molar-refractivity contribution < 1.29 is 18.3 Å². The van der Waals surface area contributed by atoms with Crippen molar-refractivity contribution in [3.63, 3.8) is 0 Å². The molecule has 1 heterocycles. The normalized spacial score (nSPS) is 11.4. The largest absolute Gasteiger partial charge is 0.484 e. The molecule has 33 heavy (non-hydrogen) atoms. The standard InChI is InChI=1S/C25H25F2N3O2S/c1-3-29(4-2)11-12-30(25-28-24-21(27)14-19(26)15-22(24)33-25)23(31)16-32-20-10-9-17-7-5-6-8-18(17)13-20/h5-10,13-15H,3-4,11-12,16H2,1-2H3. The average molecular weight is 470 g/mol. The summed E-state index contributed by atoms with van der Waals surface area (Å²) in [5, 5.41) is 2.43. The highest BCUT2D eigenvalue weighted by molar-refractivity contribution is 7.22. The summed E-state index contributed by atoms with van der Waals surface area (Å²) < 4.78 is 34.0. The van der Waals surface area contributed by atoms with E-state index >= 15 is 0 Å². The Balaban J connectivity index is 1.56. The summed E-state index contributed by atoms with van der Waals surface area (Å²) in [4.78, 5) is 21.2. The number of nitrogens with zero attached hydrogens (tertiary/aromatic N) is 3. The van der Waals surface area contributed by atoms with Crippen molar-refractivity contribution in [2.45, 2.75) is 13.8 Å². The van der Waals surface area contributed by atoms with Gasteiger partial charge in [-0.2, -0.15) is 0 Å². The van der Waals surface area contributed by atoms with Gasteiger partial charge < -0.3 is 9.64 Å². The van der Waals surface area contributed by atoms with E-state index in [4.69, 9.17) is 4.74 Å². The average Bonchev–Trinajstić information content (AvgIpc) is 3.24. The second-order valence-electron chi connectivity index (χ2n) is 7.60. The predicted molar refractivity (Wildman–Crippen MR) is 129 cm³/mol. The molecule has 3 aromatic carbocycles. The van der Waals surface area contributed by atoms with Gasteiger partial charge >= 0.3 is 0 Å². The zero-order chi connectivity index (χ0) is 23.4. The SMILES string of the molecule is CCN(CC)CCN(C(=O)COc1ccc2ccccc2c1)c1nc2c(F)cc(F)cc2s1. The highest BCUT2D eigenvalue weighted by Crippen LogP contribution is 2.31. The van der Waals surface area contributed by atoms with E-state index in [1.54, 1.807) is 0 Å². The van der Waals surface area contributed by atoms with E-state index in [2.05, 4.69) is 9.88 Å². The minimum absolute atomic E-state index is 0.0625. The fourth-order valence-electron chi connectivity index (χ4n) is 3.65. The molecule has 5 nitrogen and oxygen atoms in total. The van der Waals surface area contributed by atoms with Gasteiger partial charge in [0, 0.05) is 19.2 Å². The van der Waals surface area contributed by atoms with Gasteiger partial charge in [0.1, 0.15) is 17.1 Å². The Morgan fingerprint density at radius 2 is 1.76 bits per heavy atom. The van der Waals surface area contributed by atoms with Gasteiger partial charge in [-0.3, -0.25) is 9.69 Å². The van der Waals surface area contributed by atoms with Gasteiger partial charge in [0.05, 0.1) is 4.70 Å². The third-order valence-electron chi connectivity index (χ3n) is 5.55. The molecule has 8 heteroatoms. The quantitative estimate of drug-likeness (QED) is 0.326. The zero-order valence-corrected chi connectivity index (χ0v) is 19.4. The number of amides is 1. The molecule has 0 aliphatic heterocycles. The summed E-state index contributed by atoms with van der Waals surface area (Å²) in [5.41, 5.74) is 0.0625. The topological polar surface area (TPSA) is 45.7 Å². The first-order chi connectivity index (χ1) is 16.0. The van der Waals surface area contributed by atoms with Crippen LogP contribution in [0.5, 0.6) is 5.75 Å². The van der Waals surface area contributed by atoms with Gasteiger partial charge in [-0.25, -0.2) is 13.8 Å². The van der Waals surface area contributed by atoms with Gasteiger partial charge in [-0.05, 0) is 42.1 Å². The highest BCUT2D eigenvalue weighted by atomic mass is 32.1. The number of aromatic nitrogens is 1. The Morgan fingerprint density at radius 1 is 1.00 bits per heavy atom. The van der Waals surface area contributed by atoms with Gasteiger partial charge in [-0.1, -0.05) is 55.5 Å². The number of ether oxygens (including phenoxy) is 1. The van der Waals surface area contributed by atoms with Crippen molar-refractivity contribution in [1.29, 1.82) is 0 Å². The second kappa shape index (κ2) is 10.2. The van der Waals surface area contributed by atoms with Gasteiger partial charge in [-0.15, -0.1) is 0 Å². The van der Waals surface area contributed by atoms with Crippen molar-refractivity contribution >= 4 is 43.4 Å². The van der Waals surface area contributed by atoms with E-state index in [-0.39, 0.29) is 18.0 Å². The molecule has 0 saturated carbocycles. The van der Waals surface area contributed by atoms with Gasteiger partial charge in [0.25, 0.3) is 5.91 Å². The third-order valence-corrected chi connectivity index (χ3v) is 6.58. The molecule has 1 aromatic heterocycles. The first-order valence-corrected chi connectivity index (χ1v) is 11.7. The number of likely N-dealkylation sites (N-methyl/N-ethyl adjacent to an activating group) is 1. The Labute approximate surface area is 195 Å². The van der Waals surface area contributed by atoms with Crippen LogP contribution in [0, 0.1) is 11.6 Å².